The first-order valence-electron chi connectivity index (χ1n) is 8.72. The van der Waals surface area contributed by atoms with Crippen molar-refractivity contribution in [3.05, 3.63) is 70.2 Å². The quantitative estimate of drug-likeness (QED) is 0.795. The summed E-state index contributed by atoms with van der Waals surface area (Å²) in [6.07, 6.45) is 0. The maximum Gasteiger partial charge on any atom is 0.251 e. The number of rotatable bonds is 6. The number of hydrogen-bond donors (Lipinski definition) is 2. The first-order valence-corrected chi connectivity index (χ1v) is 9.09. The van der Waals surface area contributed by atoms with Crippen molar-refractivity contribution in [1.29, 1.82) is 0 Å². The molecule has 2 amide bonds. The Kier molecular flexibility index (Phi) is 6.81. The number of aryl methyl sites for hydroxylation is 1. The van der Waals surface area contributed by atoms with E-state index in [1.54, 1.807) is 18.2 Å². The van der Waals surface area contributed by atoms with E-state index in [0.29, 0.717) is 10.6 Å². The second-order valence-electron chi connectivity index (χ2n) is 6.81. The lowest BCUT2D eigenvalue weighted by molar-refractivity contribution is -0.124. The molecule has 2 unspecified atom stereocenters. The van der Waals surface area contributed by atoms with Gasteiger partial charge in [0.2, 0.25) is 5.91 Å². The van der Waals surface area contributed by atoms with Crippen molar-refractivity contribution < 1.29 is 9.59 Å². The van der Waals surface area contributed by atoms with E-state index in [0.717, 1.165) is 11.1 Å². The van der Waals surface area contributed by atoms with Crippen molar-refractivity contribution in [2.75, 3.05) is 0 Å². The molecule has 0 fully saturated rings. The van der Waals surface area contributed by atoms with Gasteiger partial charge in [-0.05, 0) is 43.5 Å². The summed E-state index contributed by atoms with van der Waals surface area (Å²) in [4.78, 5) is 25.2. The van der Waals surface area contributed by atoms with Crippen LogP contribution in [0.2, 0.25) is 5.02 Å². The largest absolute Gasteiger partial charge is 0.348 e. The average molecular weight is 373 g/mol. The van der Waals surface area contributed by atoms with E-state index >= 15 is 0 Å². The van der Waals surface area contributed by atoms with Crippen LogP contribution in [0.25, 0.3) is 0 Å². The molecule has 2 atom stereocenters. The van der Waals surface area contributed by atoms with Crippen LogP contribution in [0, 0.1) is 12.8 Å². The van der Waals surface area contributed by atoms with Crippen molar-refractivity contribution in [3.8, 4) is 0 Å². The number of carbonyl (C=O) groups excluding carboxylic acids is 2. The van der Waals surface area contributed by atoms with E-state index in [1.165, 1.54) is 0 Å². The summed E-state index contributed by atoms with van der Waals surface area (Å²) in [6.45, 7) is 7.64. The fraction of sp³-hybridized carbons (Fsp3) is 0.333. The molecular weight excluding hydrogens is 348 g/mol. The predicted molar refractivity (Wildman–Crippen MR) is 105 cm³/mol. The van der Waals surface area contributed by atoms with Gasteiger partial charge in [0.05, 0.1) is 6.04 Å². The molecule has 2 rings (SSSR count). The molecule has 0 saturated heterocycles. The Bertz CT molecular complexity index is 772. The lowest BCUT2D eigenvalue weighted by atomic mass is 10.0. The molecule has 138 valence electrons. The lowest BCUT2D eigenvalue weighted by Gasteiger charge is -2.24. The number of hydrogen-bond acceptors (Lipinski definition) is 2. The summed E-state index contributed by atoms with van der Waals surface area (Å²) in [5.74, 6) is -0.542. The lowest BCUT2D eigenvalue weighted by Crippen LogP contribution is -2.50. The van der Waals surface area contributed by atoms with Crippen LogP contribution < -0.4 is 10.6 Å². The highest BCUT2D eigenvalue weighted by molar-refractivity contribution is 6.31. The molecule has 0 saturated carbocycles. The molecule has 0 aliphatic carbocycles. The molecule has 0 aromatic heterocycles. The highest BCUT2D eigenvalue weighted by Crippen LogP contribution is 2.22. The summed E-state index contributed by atoms with van der Waals surface area (Å²) < 4.78 is 0. The molecule has 26 heavy (non-hydrogen) atoms. The van der Waals surface area contributed by atoms with E-state index in [-0.39, 0.29) is 23.8 Å². The van der Waals surface area contributed by atoms with Crippen LogP contribution >= 0.6 is 11.6 Å². The summed E-state index contributed by atoms with van der Waals surface area (Å²) in [6, 6.07) is 13.8. The first kappa shape index (κ1) is 20.0. The van der Waals surface area contributed by atoms with E-state index in [9.17, 15) is 9.59 Å². The van der Waals surface area contributed by atoms with Gasteiger partial charge in [-0.2, -0.15) is 0 Å². The summed E-state index contributed by atoms with van der Waals surface area (Å²) in [5.41, 5.74) is 2.45. The number of benzene rings is 2. The summed E-state index contributed by atoms with van der Waals surface area (Å²) >= 11 is 6.20. The zero-order valence-electron chi connectivity index (χ0n) is 15.5. The molecule has 5 heteroatoms. The topological polar surface area (TPSA) is 58.2 Å². The van der Waals surface area contributed by atoms with Crippen LogP contribution in [-0.4, -0.2) is 17.9 Å². The fourth-order valence-electron chi connectivity index (χ4n) is 2.67. The molecule has 0 heterocycles. The van der Waals surface area contributed by atoms with Crippen molar-refractivity contribution in [2.24, 2.45) is 5.92 Å². The Morgan fingerprint density at radius 3 is 2.12 bits per heavy atom. The highest BCUT2D eigenvalue weighted by Gasteiger charge is 2.26. The third-order valence-electron chi connectivity index (χ3n) is 4.28. The summed E-state index contributed by atoms with van der Waals surface area (Å²) in [5, 5.41) is 6.39. The van der Waals surface area contributed by atoms with Gasteiger partial charge in [0, 0.05) is 10.6 Å². The average Bonchev–Trinajstić information content (AvgIpc) is 2.59. The molecule has 4 nitrogen and oxygen atoms in total. The molecule has 0 radical (unpaired) electrons. The van der Waals surface area contributed by atoms with Gasteiger partial charge in [0.15, 0.2) is 0 Å². The van der Waals surface area contributed by atoms with Crippen LogP contribution in [0.3, 0.4) is 0 Å². The third kappa shape index (κ3) is 5.09. The summed E-state index contributed by atoms with van der Waals surface area (Å²) in [7, 11) is 0. The van der Waals surface area contributed by atoms with Crippen molar-refractivity contribution >= 4 is 23.4 Å². The van der Waals surface area contributed by atoms with Crippen LogP contribution in [-0.2, 0) is 4.79 Å². The predicted octanol–water partition coefficient (Wildman–Crippen LogP) is 4.28. The van der Waals surface area contributed by atoms with Crippen LogP contribution in [0.15, 0.2) is 48.5 Å². The van der Waals surface area contributed by atoms with Gasteiger partial charge in [-0.25, -0.2) is 0 Å². The fourth-order valence-corrected chi connectivity index (χ4v) is 2.97. The van der Waals surface area contributed by atoms with Crippen LogP contribution in [0.4, 0.5) is 0 Å². The van der Waals surface area contributed by atoms with Crippen molar-refractivity contribution in [2.45, 2.75) is 39.8 Å². The number of nitrogens with one attached hydrogen (secondary N) is 2. The van der Waals surface area contributed by atoms with Crippen molar-refractivity contribution in [1.82, 2.24) is 10.6 Å². The minimum Gasteiger partial charge on any atom is -0.348 e. The van der Waals surface area contributed by atoms with Gasteiger partial charge in [-0.1, -0.05) is 61.3 Å². The molecule has 2 N–H and O–H groups in total. The van der Waals surface area contributed by atoms with Gasteiger partial charge in [0.25, 0.3) is 5.91 Å². The zero-order valence-corrected chi connectivity index (χ0v) is 16.3. The van der Waals surface area contributed by atoms with Gasteiger partial charge >= 0.3 is 0 Å². The standard InChI is InChI=1S/C21H25ClN2O2/c1-13(2)19(24-20(25)16-11-9-14(3)10-12-16)21(26)23-15(4)17-7-5-6-8-18(17)22/h5-13,15,19H,1-4H3,(H,23,26)(H,24,25). The monoisotopic (exact) mass is 372 g/mol. The Hall–Kier alpha value is -2.33. The number of halogens is 1. The van der Waals surface area contributed by atoms with E-state index in [1.807, 2.05) is 58.0 Å². The molecule has 0 aliphatic heterocycles. The van der Waals surface area contributed by atoms with Gasteiger partial charge < -0.3 is 10.6 Å². The van der Waals surface area contributed by atoms with Crippen LogP contribution in [0.1, 0.15) is 48.3 Å². The van der Waals surface area contributed by atoms with Crippen molar-refractivity contribution in [3.63, 3.8) is 0 Å². The van der Waals surface area contributed by atoms with E-state index in [4.69, 9.17) is 11.6 Å². The highest BCUT2D eigenvalue weighted by atomic mass is 35.5. The normalized spacial score (nSPS) is 13.2. The minimum absolute atomic E-state index is 0.0529. The number of amides is 2. The van der Waals surface area contributed by atoms with E-state index < -0.39 is 6.04 Å². The minimum atomic E-state index is -0.631. The molecule has 0 aliphatic rings. The second kappa shape index (κ2) is 8.86. The molecule has 2 aromatic carbocycles. The van der Waals surface area contributed by atoms with E-state index in [2.05, 4.69) is 10.6 Å². The Labute approximate surface area is 159 Å². The van der Waals surface area contributed by atoms with Gasteiger partial charge in [-0.3, -0.25) is 9.59 Å². The Morgan fingerprint density at radius 1 is 0.923 bits per heavy atom. The Morgan fingerprint density at radius 2 is 1.54 bits per heavy atom. The maximum atomic E-state index is 12.7. The van der Waals surface area contributed by atoms with Gasteiger partial charge in [-0.15, -0.1) is 0 Å². The molecule has 0 spiro atoms. The van der Waals surface area contributed by atoms with Gasteiger partial charge in [0.1, 0.15) is 6.04 Å². The zero-order chi connectivity index (χ0) is 19.3. The Balaban J connectivity index is 2.08. The van der Waals surface area contributed by atoms with Crippen LogP contribution in [0.5, 0.6) is 0 Å². The third-order valence-corrected chi connectivity index (χ3v) is 4.62. The smallest absolute Gasteiger partial charge is 0.251 e. The SMILES string of the molecule is Cc1ccc(C(=O)NC(C(=O)NC(C)c2ccccc2Cl)C(C)C)cc1. The maximum absolute atomic E-state index is 12.7. The first-order chi connectivity index (χ1) is 12.3. The number of carbonyl (C=O) groups is 2. The molecule has 2 aromatic rings. The second-order valence-corrected chi connectivity index (χ2v) is 7.22. The molecular formula is C21H25ClN2O2. The molecule has 0 bridgehead atoms.